The summed E-state index contributed by atoms with van der Waals surface area (Å²) in [5, 5.41) is 7.59. The van der Waals surface area contributed by atoms with Gasteiger partial charge >= 0.3 is 8.60 Å². The van der Waals surface area contributed by atoms with Crippen LogP contribution in [-0.2, 0) is 13.6 Å². The van der Waals surface area contributed by atoms with Gasteiger partial charge in [0.2, 0.25) is 0 Å². The number of hydrogen-bond donors (Lipinski definition) is 0. The molecule has 0 aliphatic heterocycles. The molecular weight excluding hydrogens is 189 g/mol. The minimum absolute atomic E-state index is 0.645. The molecule has 0 amide bonds. The molecule has 0 aromatic rings. The second-order valence-electron chi connectivity index (χ2n) is 1.59. The smallest absolute Gasteiger partial charge is 0.313 e. The van der Waals surface area contributed by atoms with E-state index < -0.39 is 15.5 Å². The van der Waals surface area contributed by atoms with Gasteiger partial charge in [0.1, 0.15) is 0 Å². The van der Waals surface area contributed by atoms with E-state index >= 15 is 0 Å². The third-order valence-electron chi connectivity index (χ3n) is 0.704. The van der Waals surface area contributed by atoms with Crippen LogP contribution in [0.1, 0.15) is 31.7 Å². The van der Waals surface area contributed by atoms with Crippen LogP contribution in [0.3, 0.4) is 0 Å². The van der Waals surface area contributed by atoms with E-state index in [1.54, 1.807) is 0 Å². The molecule has 0 aromatic carbocycles. The zero-order valence-corrected chi connectivity index (χ0v) is 9.13. The van der Waals surface area contributed by atoms with Crippen LogP contribution in [0, 0.1) is 11.3 Å². The molecule has 0 heterocycles. The van der Waals surface area contributed by atoms with Gasteiger partial charge in [-0.05, 0) is 20.8 Å². The van der Waals surface area contributed by atoms with E-state index in [2.05, 4.69) is 0 Å². The van der Waals surface area contributed by atoms with Crippen LogP contribution in [0.2, 0.25) is 0 Å². The van der Waals surface area contributed by atoms with Gasteiger partial charge in [-0.25, -0.2) is 0 Å². The summed E-state index contributed by atoms with van der Waals surface area (Å²) in [4.78, 5) is 0. The van der Waals surface area contributed by atoms with Gasteiger partial charge in [-0.15, -0.1) is 0 Å². The molecule has 0 rings (SSSR count). The van der Waals surface area contributed by atoms with Crippen molar-refractivity contribution >= 4 is 8.60 Å². The highest BCUT2D eigenvalue weighted by molar-refractivity contribution is 7.41. The van der Waals surface area contributed by atoms with Crippen molar-refractivity contribution in [2.24, 2.45) is 0 Å². The van der Waals surface area contributed by atoms with E-state index in [-0.39, 0.29) is 0 Å². The first-order valence-electron chi connectivity index (χ1n) is 5.51. The highest BCUT2D eigenvalue weighted by Crippen LogP contribution is 2.38. The van der Waals surface area contributed by atoms with Crippen LogP contribution in [0.4, 0.5) is 0 Å². The predicted molar refractivity (Wildman–Crippen MR) is 53.1 cm³/mol. The molecule has 0 spiro atoms. The SMILES string of the molecule is CCOP(OCC)OCC.[2H]C([2H])([2H])C#N. The lowest BCUT2D eigenvalue weighted by Gasteiger charge is -2.12. The molecule has 0 radical (unpaired) electrons. The lowest BCUT2D eigenvalue weighted by molar-refractivity contribution is 0.176. The first kappa shape index (κ1) is 9.36. The molecule has 78 valence electrons. The van der Waals surface area contributed by atoms with Crippen molar-refractivity contribution in [1.29, 1.82) is 5.26 Å². The Morgan fingerprint density at radius 2 is 1.46 bits per heavy atom. The fraction of sp³-hybridized carbons (Fsp3) is 0.875. The Morgan fingerprint density at radius 1 is 1.15 bits per heavy atom. The van der Waals surface area contributed by atoms with Gasteiger partial charge in [0.25, 0.3) is 0 Å². The summed E-state index contributed by atoms with van der Waals surface area (Å²) in [5.74, 6) is 0. The molecule has 0 aliphatic rings. The van der Waals surface area contributed by atoms with Gasteiger partial charge in [0.05, 0.1) is 25.9 Å². The molecule has 0 saturated carbocycles. The van der Waals surface area contributed by atoms with Crippen molar-refractivity contribution in [2.75, 3.05) is 19.8 Å². The molecule has 13 heavy (non-hydrogen) atoms. The van der Waals surface area contributed by atoms with Crippen molar-refractivity contribution < 1.29 is 17.7 Å². The fourth-order valence-electron chi connectivity index (χ4n) is 0.428. The summed E-state index contributed by atoms with van der Waals surface area (Å²) in [6.07, 6.45) is 0. The van der Waals surface area contributed by atoms with Gasteiger partial charge < -0.3 is 13.6 Å². The first-order chi connectivity index (χ1) is 7.41. The van der Waals surface area contributed by atoms with Crippen LogP contribution in [0.15, 0.2) is 0 Å². The predicted octanol–water partition coefficient (Wildman–Crippen LogP) is 2.85. The van der Waals surface area contributed by atoms with E-state index in [1.165, 1.54) is 0 Å². The Bertz CT molecular complexity index is 182. The van der Waals surface area contributed by atoms with Crippen LogP contribution in [0.5, 0.6) is 0 Å². The monoisotopic (exact) mass is 210 g/mol. The first-order valence-corrected chi connectivity index (χ1v) is 5.10. The van der Waals surface area contributed by atoms with Gasteiger partial charge in [-0.3, -0.25) is 0 Å². The van der Waals surface area contributed by atoms with Crippen molar-refractivity contribution in [3.05, 3.63) is 0 Å². The summed E-state index contributed by atoms with van der Waals surface area (Å²) in [6.45, 7) is 5.30. The third kappa shape index (κ3) is 14.6. The van der Waals surface area contributed by atoms with E-state index in [4.69, 9.17) is 22.9 Å². The van der Waals surface area contributed by atoms with Crippen molar-refractivity contribution in [3.63, 3.8) is 0 Å². The minimum Gasteiger partial charge on any atom is -0.313 e. The summed E-state index contributed by atoms with van der Waals surface area (Å²) in [7, 11) is -1.06. The number of rotatable bonds is 6. The lowest BCUT2D eigenvalue weighted by atomic mass is 10.9. The van der Waals surface area contributed by atoms with Crippen molar-refractivity contribution in [1.82, 2.24) is 0 Å². The maximum atomic E-state index is 7.59. The second-order valence-corrected chi connectivity index (χ2v) is 2.81. The van der Waals surface area contributed by atoms with Crippen LogP contribution < -0.4 is 0 Å². The van der Waals surface area contributed by atoms with Crippen molar-refractivity contribution in [3.8, 4) is 6.07 Å². The van der Waals surface area contributed by atoms with Gasteiger partial charge in [-0.1, -0.05) is 0 Å². The fourth-order valence-corrected chi connectivity index (χ4v) is 1.28. The average Bonchev–Trinajstić information content (AvgIpc) is 2.19. The Hall–Kier alpha value is -0.200. The van der Waals surface area contributed by atoms with Gasteiger partial charge in [0, 0.05) is 11.0 Å². The van der Waals surface area contributed by atoms with Crippen LogP contribution >= 0.6 is 8.60 Å². The molecule has 0 N–H and O–H groups in total. The molecule has 4 nitrogen and oxygen atoms in total. The second kappa shape index (κ2) is 14.3. The molecule has 0 aliphatic carbocycles. The molecule has 0 bridgehead atoms. The topological polar surface area (TPSA) is 51.5 Å². The van der Waals surface area contributed by atoms with Crippen LogP contribution in [-0.4, -0.2) is 19.8 Å². The quantitative estimate of drug-likeness (QED) is 0.632. The van der Waals surface area contributed by atoms with Gasteiger partial charge in [0.15, 0.2) is 0 Å². The third-order valence-corrected chi connectivity index (χ3v) is 2.11. The highest BCUT2D eigenvalue weighted by Gasteiger charge is 2.07. The number of nitriles is 1. The average molecular weight is 210 g/mol. The number of nitrogens with zero attached hydrogens (tertiary/aromatic N) is 1. The normalized spacial score (nSPS) is 13.3. The Morgan fingerprint density at radius 3 is 1.62 bits per heavy atom. The molecule has 0 atom stereocenters. The van der Waals surface area contributed by atoms with E-state index in [0.717, 1.165) is 6.07 Å². The molecule has 0 unspecified atom stereocenters. The van der Waals surface area contributed by atoms with Crippen molar-refractivity contribution in [2.45, 2.75) is 27.6 Å². The summed E-state index contributed by atoms with van der Waals surface area (Å²) >= 11 is 0. The standard InChI is InChI=1S/C6H15O3P.C2H3N/c1-4-7-10(8-5-2)9-6-3;1-2-3/h4-6H2,1-3H3;1H3/i;1D3. The minimum atomic E-state index is -2.40. The van der Waals surface area contributed by atoms with Crippen LogP contribution in [0.25, 0.3) is 0 Å². The Balaban J connectivity index is 0. The maximum absolute atomic E-state index is 7.59. The number of hydrogen-bond acceptors (Lipinski definition) is 4. The maximum Gasteiger partial charge on any atom is 0.332 e. The molecule has 0 fully saturated rings. The summed E-state index contributed by atoms with van der Waals surface area (Å²) in [5.41, 5.74) is 0. The Labute approximate surface area is 86.0 Å². The molecule has 5 heteroatoms. The largest absolute Gasteiger partial charge is 0.332 e. The van der Waals surface area contributed by atoms with E-state index in [9.17, 15) is 0 Å². The Kier molecular flexibility index (Phi) is 10.3. The van der Waals surface area contributed by atoms with Gasteiger partial charge in [-0.2, -0.15) is 5.26 Å². The van der Waals surface area contributed by atoms with E-state index in [0.29, 0.717) is 19.8 Å². The zero-order valence-electron chi connectivity index (χ0n) is 11.2. The van der Waals surface area contributed by atoms with E-state index in [1.807, 2.05) is 20.8 Å². The zero-order chi connectivity index (χ0) is 13.0. The summed E-state index contributed by atoms with van der Waals surface area (Å²) in [6, 6.07) is 1.10. The molecule has 0 aromatic heterocycles. The summed E-state index contributed by atoms with van der Waals surface area (Å²) < 4.78 is 33.9. The molecular formula is C8H18NO3P. The highest BCUT2D eigenvalue weighted by atomic mass is 31.2. The lowest BCUT2D eigenvalue weighted by Crippen LogP contribution is -1.94. The molecule has 0 saturated heterocycles.